The zero-order valence-corrected chi connectivity index (χ0v) is 16.0. The van der Waals surface area contributed by atoms with Gasteiger partial charge in [0.25, 0.3) is 5.91 Å². The molecule has 1 unspecified atom stereocenters. The van der Waals surface area contributed by atoms with Gasteiger partial charge in [0.1, 0.15) is 11.9 Å². The summed E-state index contributed by atoms with van der Waals surface area (Å²) in [5.74, 6) is 0.674. The molecule has 2 aromatic rings. The van der Waals surface area contributed by atoms with Crippen molar-refractivity contribution in [1.29, 1.82) is 0 Å². The first-order valence-electron chi connectivity index (χ1n) is 8.27. The molecule has 1 heterocycles. The van der Waals surface area contributed by atoms with Crippen LogP contribution >= 0.6 is 23.2 Å². The Morgan fingerprint density at radius 1 is 1.20 bits per heavy atom. The maximum absolute atomic E-state index is 12.3. The number of fused-ring (bicyclic) bond motifs is 1. The van der Waals surface area contributed by atoms with E-state index in [1.54, 1.807) is 18.2 Å². The highest BCUT2D eigenvalue weighted by Crippen LogP contribution is 2.33. The normalized spacial score (nSPS) is 16.3. The Morgan fingerprint density at radius 2 is 1.96 bits per heavy atom. The summed E-state index contributed by atoms with van der Waals surface area (Å²) in [6, 6.07) is 11.2. The number of ether oxygens (including phenoxy) is 1. The summed E-state index contributed by atoms with van der Waals surface area (Å²) in [6.45, 7) is 7.01. The molecule has 0 saturated carbocycles. The third-order valence-electron chi connectivity index (χ3n) is 4.33. The van der Waals surface area contributed by atoms with E-state index in [-0.39, 0.29) is 17.4 Å². The van der Waals surface area contributed by atoms with Crippen molar-refractivity contribution in [2.45, 2.75) is 38.7 Å². The van der Waals surface area contributed by atoms with E-state index in [0.29, 0.717) is 22.2 Å². The highest BCUT2D eigenvalue weighted by Gasteiger charge is 2.25. The number of amides is 1. The summed E-state index contributed by atoms with van der Waals surface area (Å²) in [7, 11) is 0. The number of halogens is 2. The van der Waals surface area contributed by atoms with Gasteiger partial charge in [0.2, 0.25) is 0 Å². The quantitative estimate of drug-likeness (QED) is 0.814. The number of nitrogens with one attached hydrogen (secondary N) is 1. The van der Waals surface area contributed by atoms with Gasteiger partial charge in [-0.2, -0.15) is 0 Å². The first-order valence-corrected chi connectivity index (χ1v) is 9.03. The zero-order chi connectivity index (χ0) is 18.2. The second-order valence-electron chi connectivity index (χ2n) is 7.35. The summed E-state index contributed by atoms with van der Waals surface area (Å²) in [6.07, 6.45) is 0.716. The first-order chi connectivity index (χ1) is 11.7. The smallest absolute Gasteiger partial charge is 0.252 e. The van der Waals surface area contributed by atoms with Crippen molar-refractivity contribution >= 4 is 29.1 Å². The van der Waals surface area contributed by atoms with Crippen LogP contribution in [0.4, 0.5) is 0 Å². The average Bonchev–Trinajstić information content (AvgIpc) is 2.93. The second-order valence-corrected chi connectivity index (χ2v) is 8.19. The van der Waals surface area contributed by atoms with Crippen molar-refractivity contribution < 1.29 is 9.53 Å². The van der Waals surface area contributed by atoms with Crippen molar-refractivity contribution in [2.75, 3.05) is 6.54 Å². The van der Waals surface area contributed by atoms with Crippen LogP contribution in [-0.2, 0) is 11.8 Å². The monoisotopic (exact) mass is 377 g/mol. The van der Waals surface area contributed by atoms with Crippen molar-refractivity contribution in [2.24, 2.45) is 0 Å². The third kappa shape index (κ3) is 4.10. The number of hydrogen-bond acceptors (Lipinski definition) is 2. The van der Waals surface area contributed by atoms with Crippen LogP contribution in [0.3, 0.4) is 0 Å². The molecule has 0 fully saturated rings. The molecule has 1 aliphatic heterocycles. The number of rotatable bonds is 3. The van der Waals surface area contributed by atoms with Crippen LogP contribution in [0.2, 0.25) is 10.0 Å². The van der Waals surface area contributed by atoms with Crippen LogP contribution in [0, 0.1) is 0 Å². The van der Waals surface area contributed by atoms with Crippen LogP contribution in [-0.4, -0.2) is 18.6 Å². The van der Waals surface area contributed by atoms with Gasteiger partial charge in [-0.05, 0) is 40.8 Å². The number of benzene rings is 2. The molecule has 0 aromatic heterocycles. The Balaban J connectivity index is 1.62. The minimum absolute atomic E-state index is 0.0692. The van der Waals surface area contributed by atoms with Gasteiger partial charge in [0.15, 0.2) is 0 Å². The summed E-state index contributed by atoms with van der Waals surface area (Å²) in [4.78, 5) is 12.3. The SMILES string of the molecule is CC(C)(C)c1ccc2c(c1)CC(CNC(=O)c1ccc(Cl)cc1Cl)O2. The summed E-state index contributed by atoms with van der Waals surface area (Å²) < 4.78 is 5.94. The maximum Gasteiger partial charge on any atom is 0.252 e. The third-order valence-corrected chi connectivity index (χ3v) is 4.88. The lowest BCUT2D eigenvalue weighted by Crippen LogP contribution is -2.34. The Labute approximate surface area is 158 Å². The summed E-state index contributed by atoms with van der Waals surface area (Å²) in [5.41, 5.74) is 2.99. The van der Waals surface area contributed by atoms with Gasteiger partial charge in [-0.1, -0.05) is 56.1 Å². The lowest BCUT2D eigenvalue weighted by atomic mass is 9.86. The van der Waals surface area contributed by atoms with Gasteiger partial charge in [-0.15, -0.1) is 0 Å². The molecule has 1 atom stereocenters. The molecule has 0 aliphatic carbocycles. The van der Waals surface area contributed by atoms with Crippen LogP contribution in [0.5, 0.6) is 5.75 Å². The van der Waals surface area contributed by atoms with E-state index in [1.165, 1.54) is 11.1 Å². The molecule has 25 heavy (non-hydrogen) atoms. The lowest BCUT2D eigenvalue weighted by Gasteiger charge is -2.19. The van der Waals surface area contributed by atoms with Gasteiger partial charge in [-0.25, -0.2) is 0 Å². The number of hydrogen-bond donors (Lipinski definition) is 1. The predicted octanol–water partition coefficient (Wildman–Crippen LogP) is 5.02. The van der Waals surface area contributed by atoms with E-state index in [9.17, 15) is 4.79 Å². The molecule has 0 radical (unpaired) electrons. The van der Waals surface area contributed by atoms with E-state index >= 15 is 0 Å². The summed E-state index contributed by atoms with van der Waals surface area (Å²) in [5, 5.41) is 3.74. The van der Waals surface area contributed by atoms with Gasteiger partial charge in [0, 0.05) is 11.4 Å². The van der Waals surface area contributed by atoms with Crippen LogP contribution < -0.4 is 10.1 Å². The van der Waals surface area contributed by atoms with Crippen molar-refractivity contribution in [3.05, 3.63) is 63.1 Å². The fourth-order valence-electron chi connectivity index (χ4n) is 2.88. The van der Waals surface area contributed by atoms with E-state index in [1.807, 2.05) is 6.07 Å². The van der Waals surface area contributed by atoms with E-state index in [2.05, 4.69) is 38.2 Å². The standard InChI is InChI=1S/C20H21Cl2NO2/c1-20(2,3)13-4-7-18-12(8-13)9-15(25-18)11-23-19(24)16-6-5-14(21)10-17(16)22/h4-8,10,15H,9,11H2,1-3H3,(H,23,24). The minimum atomic E-state index is -0.225. The maximum atomic E-state index is 12.3. The summed E-state index contributed by atoms with van der Waals surface area (Å²) >= 11 is 11.9. The molecule has 0 bridgehead atoms. The van der Waals surface area contributed by atoms with Crippen LogP contribution in [0.25, 0.3) is 0 Å². The largest absolute Gasteiger partial charge is 0.488 e. The fourth-order valence-corrected chi connectivity index (χ4v) is 3.37. The van der Waals surface area contributed by atoms with Gasteiger partial charge >= 0.3 is 0 Å². The second kappa shape index (κ2) is 6.89. The first kappa shape index (κ1) is 18.1. The van der Waals surface area contributed by atoms with Crippen LogP contribution in [0.1, 0.15) is 42.3 Å². The predicted molar refractivity (Wildman–Crippen MR) is 102 cm³/mol. The average molecular weight is 378 g/mol. The molecular weight excluding hydrogens is 357 g/mol. The molecule has 1 N–H and O–H groups in total. The van der Waals surface area contributed by atoms with Crippen molar-refractivity contribution in [1.82, 2.24) is 5.32 Å². The molecular formula is C20H21Cl2NO2. The van der Waals surface area contributed by atoms with E-state index in [4.69, 9.17) is 27.9 Å². The number of carbonyl (C=O) groups is 1. The molecule has 132 valence electrons. The van der Waals surface area contributed by atoms with E-state index in [0.717, 1.165) is 12.2 Å². The van der Waals surface area contributed by atoms with Crippen molar-refractivity contribution in [3.63, 3.8) is 0 Å². The Kier molecular flexibility index (Phi) is 4.99. The molecule has 2 aromatic carbocycles. The highest BCUT2D eigenvalue weighted by atomic mass is 35.5. The Morgan fingerprint density at radius 3 is 2.64 bits per heavy atom. The molecule has 3 nitrogen and oxygen atoms in total. The van der Waals surface area contributed by atoms with Gasteiger partial charge in [-0.3, -0.25) is 4.79 Å². The van der Waals surface area contributed by atoms with Gasteiger partial charge < -0.3 is 10.1 Å². The molecule has 0 saturated heterocycles. The highest BCUT2D eigenvalue weighted by molar-refractivity contribution is 6.36. The minimum Gasteiger partial charge on any atom is -0.488 e. The topological polar surface area (TPSA) is 38.3 Å². The molecule has 1 aliphatic rings. The van der Waals surface area contributed by atoms with Crippen molar-refractivity contribution in [3.8, 4) is 5.75 Å². The Bertz CT molecular complexity index is 812. The lowest BCUT2D eigenvalue weighted by molar-refractivity contribution is 0.0933. The molecule has 1 amide bonds. The number of carbonyl (C=O) groups excluding carboxylic acids is 1. The van der Waals surface area contributed by atoms with Crippen LogP contribution in [0.15, 0.2) is 36.4 Å². The molecule has 3 rings (SSSR count). The zero-order valence-electron chi connectivity index (χ0n) is 14.5. The molecule has 5 heteroatoms. The van der Waals surface area contributed by atoms with E-state index < -0.39 is 0 Å². The Hall–Kier alpha value is -1.71. The molecule has 0 spiro atoms. The van der Waals surface area contributed by atoms with Gasteiger partial charge in [0.05, 0.1) is 17.1 Å². The fraction of sp³-hybridized carbons (Fsp3) is 0.350.